The Morgan fingerprint density at radius 1 is 1.33 bits per heavy atom. The van der Waals surface area contributed by atoms with Gasteiger partial charge in [0.05, 0.1) is 23.3 Å². The Labute approximate surface area is 120 Å². The molecule has 1 fully saturated rings. The molecule has 2 heterocycles. The largest absolute Gasteiger partial charge is 0.392 e. The third kappa shape index (κ3) is 2.30. The van der Waals surface area contributed by atoms with Crippen molar-refractivity contribution in [3.05, 3.63) is 29.3 Å². The molecule has 3 amide bonds. The van der Waals surface area contributed by atoms with Crippen molar-refractivity contribution in [1.29, 1.82) is 0 Å². The highest BCUT2D eigenvalue weighted by Crippen LogP contribution is 2.25. The number of rotatable bonds is 2. The molecule has 0 bridgehead atoms. The van der Waals surface area contributed by atoms with Crippen molar-refractivity contribution in [2.75, 3.05) is 18.9 Å². The van der Waals surface area contributed by atoms with E-state index >= 15 is 0 Å². The minimum atomic E-state index is -0.520. The van der Waals surface area contributed by atoms with Gasteiger partial charge in [-0.15, -0.1) is 0 Å². The van der Waals surface area contributed by atoms with Crippen LogP contribution in [0.4, 0.5) is 5.69 Å². The van der Waals surface area contributed by atoms with Crippen molar-refractivity contribution in [3.63, 3.8) is 0 Å². The zero-order valence-electron chi connectivity index (χ0n) is 11.4. The number of amides is 3. The molecule has 1 aromatic carbocycles. The molecule has 110 valence electrons. The molecular weight excluding hydrogens is 274 g/mol. The van der Waals surface area contributed by atoms with Gasteiger partial charge in [0.25, 0.3) is 11.8 Å². The summed E-state index contributed by atoms with van der Waals surface area (Å²) >= 11 is 0. The molecule has 2 atom stereocenters. The van der Waals surface area contributed by atoms with Gasteiger partial charge in [-0.05, 0) is 24.6 Å². The van der Waals surface area contributed by atoms with Crippen LogP contribution in [0.1, 0.15) is 27.1 Å². The Balaban J connectivity index is 1.78. The number of β-amino-alcohol motifs (C(OH)–C–C–N with tert-alkyl or cyclic N) is 1. The van der Waals surface area contributed by atoms with Crippen LogP contribution in [-0.2, 0) is 4.79 Å². The first-order valence-corrected chi connectivity index (χ1v) is 6.66. The van der Waals surface area contributed by atoms with E-state index < -0.39 is 12.1 Å². The minimum Gasteiger partial charge on any atom is -0.392 e. The summed E-state index contributed by atoms with van der Waals surface area (Å²) in [5.41, 5.74) is 1.09. The van der Waals surface area contributed by atoms with Crippen LogP contribution in [0.15, 0.2) is 18.2 Å². The van der Waals surface area contributed by atoms with Crippen LogP contribution >= 0.6 is 0 Å². The summed E-state index contributed by atoms with van der Waals surface area (Å²) in [6.07, 6.45) is -0.162. The lowest BCUT2D eigenvalue weighted by Crippen LogP contribution is -2.35. The highest BCUT2D eigenvalue weighted by molar-refractivity contribution is 6.21. The Hall–Kier alpha value is -2.25. The van der Waals surface area contributed by atoms with E-state index in [9.17, 15) is 19.5 Å². The lowest BCUT2D eigenvalue weighted by Gasteiger charge is -2.11. The SMILES string of the molecule is CN1C(=O)c2ccc(NC(=O)C3CC(O)CN3)cc2C1=O. The Morgan fingerprint density at radius 2 is 2.05 bits per heavy atom. The number of carbonyl (C=O) groups excluding carboxylic acids is 3. The molecule has 0 saturated carbocycles. The maximum Gasteiger partial charge on any atom is 0.261 e. The van der Waals surface area contributed by atoms with E-state index in [-0.39, 0.29) is 17.7 Å². The van der Waals surface area contributed by atoms with E-state index in [4.69, 9.17) is 0 Å². The molecule has 7 nitrogen and oxygen atoms in total. The first kappa shape index (κ1) is 13.7. The maximum atomic E-state index is 12.0. The van der Waals surface area contributed by atoms with Crippen LogP contribution in [0.3, 0.4) is 0 Å². The van der Waals surface area contributed by atoms with E-state index in [1.807, 2.05) is 0 Å². The fourth-order valence-corrected chi connectivity index (χ4v) is 2.59. The van der Waals surface area contributed by atoms with Crippen molar-refractivity contribution in [2.24, 2.45) is 0 Å². The number of fused-ring (bicyclic) bond motifs is 1. The second kappa shape index (κ2) is 4.94. The summed E-state index contributed by atoms with van der Waals surface area (Å²) in [5, 5.41) is 15.0. The van der Waals surface area contributed by atoms with E-state index in [2.05, 4.69) is 10.6 Å². The molecule has 2 aliphatic rings. The van der Waals surface area contributed by atoms with Crippen LogP contribution in [0.2, 0.25) is 0 Å². The van der Waals surface area contributed by atoms with E-state index in [0.717, 1.165) is 4.90 Å². The van der Waals surface area contributed by atoms with Gasteiger partial charge in [0.2, 0.25) is 5.91 Å². The van der Waals surface area contributed by atoms with Gasteiger partial charge < -0.3 is 15.7 Å². The smallest absolute Gasteiger partial charge is 0.261 e. The van der Waals surface area contributed by atoms with E-state index in [1.165, 1.54) is 19.2 Å². The van der Waals surface area contributed by atoms with Crippen molar-refractivity contribution in [3.8, 4) is 0 Å². The number of anilines is 1. The van der Waals surface area contributed by atoms with E-state index in [1.54, 1.807) is 6.07 Å². The number of carbonyl (C=O) groups is 3. The summed E-state index contributed by atoms with van der Waals surface area (Å²) in [6.45, 7) is 0.389. The van der Waals surface area contributed by atoms with Gasteiger partial charge >= 0.3 is 0 Å². The average molecular weight is 289 g/mol. The highest BCUT2D eigenvalue weighted by Gasteiger charge is 2.33. The fraction of sp³-hybridized carbons (Fsp3) is 0.357. The third-order valence-corrected chi connectivity index (χ3v) is 3.78. The van der Waals surface area contributed by atoms with Crippen LogP contribution in [0, 0.1) is 0 Å². The topological polar surface area (TPSA) is 98.7 Å². The van der Waals surface area contributed by atoms with E-state index in [0.29, 0.717) is 29.8 Å². The van der Waals surface area contributed by atoms with Crippen molar-refractivity contribution < 1.29 is 19.5 Å². The van der Waals surface area contributed by atoms with Crippen molar-refractivity contribution in [2.45, 2.75) is 18.6 Å². The molecule has 0 spiro atoms. The predicted octanol–water partition coefficient (Wildman–Crippen LogP) is -0.426. The lowest BCUT2D eigenvalue weighted by atomic mass is 10.1. The second-order valence-corrected chi connectivity index (χ2v) is 5.27. The molecule has 3 rings (SSSR count). The number of imide groups is 1. The Morgan fingerprint density at radius 3 is 2.71 bits per heavy atom. The molecule has 21 heavy (non-hydrogen) atoms. The standard InChI is InChI=1S/C14H15N3O4/c1-17-13(20)9-3-2-7(4-10(9)14(17)21)16-12(19)11-5-8(18)6-15-11/h2-4,8,11,15,18H,5-6H2,1H3,(H,16,19). The minimum absolute atomic E-state index is 0.267. The zero-order chi connectivity index (χ0) is 15.1. The molecule has 0 aliphatic carbocycles. The summed E-state index contributed by atoms with van der Waals surface area (Å²) in [6, 6.07) is 4.17. The number of hydrogen-bond donors (Lipinski definition) is 3. The zero-order valence-corrected chi connectivity index (χ0v) is 11.4. The molecule has 7 heteroatoms. The van der Waals surface area contributed by atoms with Crippen LogP contribution in [0.5, 0.6) is 0 Å². The summed E-state index contributed by atoms with van der Waals surface area (Å²) < 4.78 is 0. The van der Waals surface area contributed by atoms with Gasteiger partial charge in [0.1, 0.15) is 0 Å². The molecule has 1 saturated heterocycles. The third-order valence-electron chi connectivity index (χ3n) is 3.78. The average Bonchev–Trinajstić information content (AvgIpc) is 2.98. The number of hydrogen-bond acceptors (Lipinski definition) is 5. The first-order chi connectivity index (χ1) is 9.97. The first-order valence-electron chi connectivity index (χ1n) is 6.66. The number of nitrogens with zero attached hydrogens (tertiary/aromatic N) is 1. The summed E-state index contributed by atoms with van der Waals surface area (Å²) in [5.74, 6) is -0.981. The predicted molar refractivity (Wildman–Crippen MR) is 73.9 cm³/mol. The quantitative estimate of drug-likeness (QED) is 0.642. The van der Waals surface area contributed by atoms with Gasteiger partial charge in [-0.2, -0.15) is 0 Å². The van der Waals surface area contributed by atoms with Crippen LogP contribution < -0.4 is 10.6 Å². The molecular formula is C14H15N3O4. The van der Waals surface area contributed by atoms with Crippen molar-refractivity contribution in [1.82, 2.24) is 10.2 Å². The maximum absolute atomic E-state index is 12.0. The molecule has 2 unspecified atom stereocenters. The molecule has 3 N–H and O–H groups in total. The van der Waals surface area contributed by atoms with Gasteiger partial charge in [-0.3, -0.25) is 19.3 Å². The number of benzene rings is 1. The molecule has 2 aliphatic heterocycles. The fourth-order valence-electron chi connectivity index (χ4n) is 2.59. The molecule has 0 radical (unpaired) electrons. The van der Waals surface area contributed by atoms with Gasteiger partial charge in [0.15, 0.2) is 0 Å². The number of aliphatic hydroxyl groups is 1. The lowest BCUT2D eigenvalue weighted by molar-refractivity contribution is -0.117. The number of nitrogens with one attached hydrogen (secondary N) is 2. The molecule has 0 aromatic heterocycles. The normalized spacial score (nSPS) is 24.4. The molecule has 1 aromatic rings. The van der Waals surface area contributed by atoms with Crippen LogP contribution in [0.25, 0.3) is 0 Å². The summed E-state index contributed by atoms with van der Waals surface area (Å²) in [4.78, 5) is 36.7. The Kier molecular flexibility index (Phi) is 3.23. The Bertz CT molecular complexity index is 643. The van der Waals surface area contributed by atoms with Gasteiger partial charge in [-0.1, -0.05) is 0 Å². The highest BCUT2D eigenvalue weighted by atomic mass is 16.3. The monoisotopic (exact) mass is 289 g/mol. The van der Waals surface area contributed by atoms with Gasteiger partial charge in [-0.25, -0.2) is 0 Å². The summed E-state index contributed by atoms with van der Waals surface area (Å²) in [7, 11) is 1.42. The van der Waals surface area contributed by atoms with Gasteiger partial charge in [0, 0.05) is 19.3 Å². The van der Waals surface area contributed by atoms with Crippen LogP contribution in [-0.4, -0.2) is 53.5 Å². The van der Waals surface area contributed by atoms with Crippen molar-refractivity contribution >= 4 is 23.4 Å². The number of aliphatic hydroxyl groups excluding tert-OH is 1. The second-order valence-electron chi connectivity index (χ2n) is 5.27.